The summed E-state index contributed by atoms with van der Waals surface area (Å²) in [7, 11) is -3.62. The lowest BCUT2D eigenvalue weighted by Gasteiger charge is -2.38. The molecule has 0 amide bonds. The summed E-state index contributed by atoms with van der Waals surface area (Å²) in [6.07, 6.45) is 0.449. The van der Waals surface area contributed by atoms with Gasteiger partial charge in [-0.05, 0) is 37.5 Å². The zero-order chi connectivity index (χ0) is 20.2. The van der Waals surface area contributed by atoms with E-state index in [1.54, 1.807) is 24.3 Å². The van der Waals surface area contributed by atoms with Crippen molar-refractivity contribution in [1.29, 1.82) is 0 Å². The predicted octanol–water partition coefficient (Wildman–Crippen LogP) is 3.07. The van der Waals surface area contributed by atoms with Crippen molar-refractivity contribution >= 4 is 16.0 Å². The van der Waals surface area contributed by atoms with Crippen molar-refractivity contribution in [1.82, 2.24) is 4.31 Å². The van der Waals surface area contributed by atoms with E-state index in [-0.39, 0.29) is 37.4 Å². The van der Waals surface area contributed by atoms with Gasteiger partial charge in [0.2, 0.25) is 10.0 Å². The van der Waals surface area contributed by atoms with Crippen LogP contribution in [0.25, 0.3) is 0 Å². The van der Waals surface area contributed by atoms with Crippen molar-refractivity contribution in [3.05, 3.63) is 65.7 Å². The molecular formula is C21H25NO5S. The minimum Gasteiger partial charge on any atom is -0.481 e. The van der Waals surface area contributed by atoms with Gasteiger partial charge >= 0.3 is 5.97 Å². The molecule has 0 unspecified atom stereocenters. The summed E-state index contributed by atoms with van der Waals surface area (Å²) in [6, 6.07) is 16.3. The fraction of sp³-hybridized carbons (Fsp3) is 0.381. The number of rotatable bonds is 7. The van der Waals surface area contributed by atoms with Gasteiger partial charge in [-0.2, -0.15) is 4.31 Å². The summed E-state index contributed by atoms with van der Waals surface area (Å²) in [6.45, 7) is 2.62. The molecule has 1 N–H and O–H groups in total. The monoisotopic (exact) mass is 403 g/mol. The third-order valence-corrected chi connectivity index (χ3v) is 7.19. The molecule has 1 fully saturated rings. The van der Waals surface area contributed by atoms with E-state index in [0.29, 0.717) is 6.61 Å². The molecule has 0 bridgehead atoms. The second kappa shape index (κ2) is 8.43. The molecule has 1 aliphatic rings. The first kappa shape index (κ1) is 20.5. The maximum Gasteiger partial charge on any atom is 0.312 e. The van der Waals surface area contributed by atoms with Gasteiger partial charge in [0, 0.05) is 13.1 Å². The second-order valence-corrected chi connectivity index (χ2v) is 9.22. The van der Waals surface area contributed by atoms with Crippen LogP contribution in [0.15, 0.2) is 59.5 Å². The number of benzene rings is 2. The highest BCUT2D eigenvalue weighted by Crippen LogP contribution is 2.34. The van der Waals surface area contributed by atoms with Crippen LogP contribution >= 0.6 is 0 Å². The van der Waals surface area contributed by atoms with Crippen LogP contribution in [0, 0.1) is 12.3 Å². The molecule has 1 heterocycles. The van der Waals surface area contributed by atoms with Gasteiger partial charge in [0.25, 0.3) is 0 Å². The highest BCUT2D eigenvalue weighted by molar-refractivity contribution is 7.89. The fourth-order valence-electron chi connectivity index (χ4n) is 3.37. The van der Waals surface area contributed by atoms with Gasteiger partial charge in [-0.3, -0.25) is 4.79 Å². The van der Waals surface area contributed by atoms with E-state index in [9.17, 15) is 18.3 Å². The van der Waals surface area contributed by atoms with Crippen LogP contribution in [0.1, 0.15) is 24.0 Å². The quantitative estimate of drug-likeness (QED) is 0.768. The van der Waals surface area contributed by atoms with Gasteiger partial charge in [0.05, 0.1) is 23.5 Å². The highest BCUT2D eigenvalue weighted by atomic mass is 32.2. The van der Waals surface area contributed by atoms with Crippen molar-refractivity contribution < 1.29 is 23.1 Å². The molecule has 0 spiro atoms. The fourth-order valence-corrected chi connectivity index (χ4v) is 4.81. The molecule has 1 aliphatic heterocycles. The Morgan fingerprint density at radius 2 is 1.68 bits per heavy atom. The smallest absolute Gasteiger partial charge is 0.312 e. The summed E-state index contributed by atoms with van der Waals surface area (Å²) < 4.78 is 32.7. The molecule has 7 heteroatoms. The Balaban J connectivity index is 1.64. The Morgan fingerprint density at radius 3 is 2.25 bits per heavy atom. The average molecular weight is 404 g/mol. The Bertz CT molecular complexity index is 902. The number of sulfonamides is 1. The zero-order valence-corrected chi connectivity index (χ0v) is 16.7. The van der Waals surface area contributed by atoms with Crippen LogP contribution in [0.5, 0.6) is 0 Å². The number of carboxylic acids is 1. The Kier molecular flexibility index (Phi) is 6.17. The van der Waals surface area contributed by atoms with Crippen LogP contribution in [-0.2, 0) is 26.2 Å². The molecule has 6 nitrogen and oxygen atoms in total. The Labute approximate surface area is 165 Å². The molecule has 150 valence electrons. The molecule has 2 aromatic rings. The first-order valence-corrected chi connectivity index (χ1v) is 10.7. The Morgan fingerprint density at radius 1 is 1.07 bits per heavy atom. The number of nitrogens with zero attached hydrogens (tertiary/aromatic N) is 1. The molecule has 28 heavy (non-hydrogen) atoms. The summed E-state index contributed by atoms with van der Waals surface area (Å²) in [4.78, 5) is 12.2. The second-order valence-electron chi connectivity index (χ2n) is 7.28. The molecular weight excluding hydrogens is 378 g/mol. The molecule has 0 aromatic heterocycles. The lowest BCUT2D eigenvalue weighted by molar-refractivity contribution is -0.156. The number of aliphatic carboxylic acids is 1. The lowest BCUT2D eigenvalue weighted by Crippen LogP contribution is -2.48. The van der Waals surface area contributed by atoms with Crippen molar-refractivity contribution in [3.8, 4) is 0 Å². The minimum absolute atomic E-state index is 0.0651. The maximum absolute atomic E-state index is 12.8. The van der Waals surface area contributed by atoms with Gasteiger partial charge in [-0.1, -0.05) is 48.0 Å². The third-order valence-electron chi connectivity index (χ3n) is 5.28. The third kappa shape index (κ3) is 4.43. The SMILES string of the molecule is Cc1ccc(S(=O)(=O)N2CCC(COCc3ccccc3)(C(=O)O)CC2)cc1. The van der Waals surface area contributed by atoms with Crippen LogP contribution in [0.3, 0.4) is 0 Å². The average Bonchev–Trinajstić information content (AvgIpc) is 2.69. The van der Waals surface area contributed by atoms with E-state index in [4.69, 9.17) is 4.74 Å². The summed E-state index contributed by atoms with van der Waals surface area (Å²) >= 11 is 0. The van der Waals surface area contributed by atoms with Crippen molar-refractivity contribution in [2.45, 2.75) is 31.3 Å². The number of hydrogen-bond donors (Lipinski definition) is 1. The summed E-state index contributed by atoms with van der Waals surface area (Å²) in [5, 5.41) is 9.77. The predicted molar refractivity (Wildman–Crippen MR) is 105 cm³/mol. The molecule has 0 radical (unpaired) electrons. The van der Waals surface area contributed by atoms with Crippen LogP contribution in [0.2, 0.25) is 0 Å². The molecule has 0 aliphatic carbocycles. The first-order valence-electron chi connectivity index (χ1n) is 9.25. The number of piperidine rings is 1. The zero-order valence-electron chi connectivity index (χ0n) is 15.9. The minimum atomic E-state index is -3.62. The lowest BCUT2D eigenvalue weighted by atomic mass is 9.80. The van der Waals surface area contributed by atoms with Crippen molar-refractivity contribution in [2.24, 2.45) is 5.41 Å². The largest absolute Gasteiger partial charge is 0.481 e. The van der Waals surface area contributed by atoms with Crippen LogP contribution in [0.4, 0.5) is 0 Å². The maximum atomic E-state index is 12.8. The van der Waals surface area contributed by atoms with E-state index < -0.39 is 21.4 Å². The molecule has 0 saturated carbocycles. The van der Waals surface area contributed by atoms with Gasteiger partial charge in [0.1, 0.15) is 0 Å². The highest BCUT2D eigenvalue weighted by Gasteiger charge is 2.44. The first-order chi connectivity index (χ1) is 13.3. The standard InChI is InChI=1S/C21H25NO5S/c1-17-7-9-19(10-8-17)28(25,26)22-13-11-21(12-14-22,20(23)24)16-27-15-18-5-3-2-4-6-18/h2-10H,11-16H2,1H3,(H,23,24). The van der Waals surface area contributed by atoms with E-state index in [1.165, 1.54) is 4.31 Å². The van der Waals surface area contributed by atoms with Crippen LogP contribution < -0.4 is 0 Å². The number of hydrogen-bond acceptors (Lipinski definition) is 4. The van der Waals surface area contributed by atoms with E-state index in [2.05, 4.69) is 0 Å². The van der Waals surface area contributed by atoms with Gasteiger partial charge in [-0.25, -0.2) is 8.42 Å². The van der Waals surface area contributed by atoms with E-state index in [0.717, 1.165) is 11.1 Å². The summed E-state index contributed by atoms with van der Waals surface area (Å²) in [5.41, 5.74) is 0.897. The van der Waals surface area contributed by atoms with Gasteiger partial charge in [0.15, 0.2) is 0 Å². The number of carbonyl (C=O) groups is 1. The summed E-state index contributed by atoms with van der Waals surface area (Å²) in [5.74, 6) is -0.937. The number of ether oxygens (including phenoxy) is 1. The van der Waals surface area contributed by atoms with E-state index >= 15 is 0 Å². The van der Waals surface area contributed by atoms with Gasteiger partial charge < -0.3 is 9.84 Å². The van der Waals surface area contributed by atoms with Crippen molar-refractivity contribution in [2.75, 3.05) is 19.7 Å². The van der Waals surface area contributed by atoms with E-state index in [1.807, 2.05) is 37.3 Å². The molecule has 1 saturated heterocycles. The topological polar surface area (TPSA) is 83.9 Å². The van der Waals surface area contributed by atoms with Gasteiger partial charge in [-0.15, -0.1) is 0 Å². The van der Waals surface area contributed by atoms with Crippen molar-refractivity contribution in [3.63, 3.8) is 0 Å². The number of carboxylic acid groups (broad SMARTS) is 1. The van der Waals surface area contributed by atoms with Crippen LogP contribution in [-0.4, -0.2) is 43.5 Å². The molecule has 0 atom stereocenters. The Hall–Kier alpha value is -2.22. The molecule has 2 aromatic carbocycles. The molecule has 3 rings (SSSR count). The normalized spacial score (nSPS) is 17.3. The number of aryl methyl sites for hydroxylation is 1.